The zero-order chi connectivity index (χ0) is 12.5. The summed E-state index contributed by atoms with van der Waals surface area (Å²) < 4.78 is 6.83. The van der Waals surface area contributed by atoms with Crippen molar-refractivity contribution in [2.24, 2.45) is 0 Å². The second kappa shape index (κ2) is 4.55. The zero-order valence-corrected chi connectivity index (χ0v) is 11.1. The summed E-state index contributed by atoms with van der Waals surface area (Å²) in [6.07, 6.45) is 0. The summed E-state index contributed by atoms with van der Waals surface area (Å²) in [5.74, 6) is 1.90. The van der Waals surface area contributed by atoms with Crippen LogP contribution in [-0.2, 0) is 5.88 Å². The molecule has 2 aromatic heterocycles. The number of benzene rings is 1. The molecule has 0 amide bonds. The fraction of sp³-hybridized carbons (Fsp3) is 0.182. The first-order chi connectivity index (χ1) is 8.81. The molecule has 2 heterocycles. The number of ether oxygens (including phenoxy) is 1. The molecule has 1 aromatic carbocycles. The third-order valence-corrected chi connectivity index (χ3v) is 3.81. The number of aromatic nitrogens is 4. The van der Waals surface area contributed by atoms with E-state index in [4.69, 9.17) is 16.3 Å². The first-order valence-corrected chi connectivity index (χ1v) is 6.58. The molecule has 0 unspecified atom stereocenters. The van der Waals surface area contributed by atoms with Crippen molar-refractivity contribution in [1.82, 2.24) is 19.8 Å². The summed E-state index contributed by atoms with van der Waals surface area (Å²) in [7, 11) is 1.64. The Hall–Kier alpha value is -1.66. The van der Waals surface area contributed by atoms with Crippen LogP contribution in [0.25, 0.3) is 16.3 Å². The van der Waals surface area contributed by atoms with Gasteiger partial charge in [0.15, 0.2) is 5.82 Å². The minimum Gasteiger partial charge on any atom is -0.497 e. The van der Waals surface area contributed by atoms with Crippen LogP contribution >= 0.6 is 22.9 Å². The largest absolute Gasteiger partial charge is 0.497 e. The lowest BCUT2D eigenvalue weighted by Crippen LogP contribution is -1.91. The van der Waals surface area contributed by atoms with E-state index in [-0.39, 0.29) is 0 Å². The molecule has 0 radical (unpaired) electrons. The Morgan fingerprint density at radius 2 is 2.06 bits per heavy atom. The Morgan fingerprint density at radius 1 is 1.28 bits per heavy atom. The topological polar surface area (TPSA) is 52.3 Å². The molecule has 0 atom stereocenters. The van der Waals surface area contributed by atoms with Gasteiger partial charge in [-0.25, -0.2) is 0 Å². The SMILES string of the molecule is COc1ccc(-c2nnc3sc(CCl)nn23)cc1. The molecule has 3 rings (SSSR count). The smallest absolute Gasteiger partial charge is 0.235 e. The van der Waals surface area contributed by atoms with E-state index in [2.05, 4.69) is 15.3 Å². The number of nitrogens with zero attached hydrogens (tertiary/aromatic N) is 4. The quantitative estimate of drug-likeness (QED) is 0.692. The van der Waals surface area contributed by atoms with Crippen LogP contribution in [0.2, 0.25) is 0 Å². The van der Waals surface area contributed by atoms with Crippen molar-refractivity contribution in [2.75, 3.05) is 7.11 Å². The van der Waals surface area contributed by atoms with Crippen LogP contribution < -0.4 is 4.74 Å². The molecule has 0 N–H and O–H groups in total. The van der Waals surface area contributed by atoms with Gasteiger partial charge in [0.2, 0.25) is 4.96 Å². The van der Waals surface area contributed by atoms with Crippen LogP contribution in [0, 0.1) is 0 Å². The second-order valence-electron chi connectivity index (χ2n) is 3.58. The Bertz CT molecular complexity index is 676. The zero-order valence-electron chi connectivity index (χ0n) is 9.50. The van der Waals surface area contributed by atoms with Gasteiger partial charge in [0.25, 0.3) is 0 Å². The third-order valence-electron chi connectivity index (χ3n) is 2.50. The van der Waals surface area contributed by atoms with Gasteiger partial charge in [-0.2, -0.15) is 9.61 Å². The molecule has 92 valence electrons. The number of methoxy groups -OCH3 is 1. The lowest BCUT2D eigenvalue weighted by Gasteiger charge is -2.00. The summed E-state index contributed by atoms with van der Waals surface area (Å²) >= 11 is 7.21. The van der Waals surface area contributed by atoms with E-state index < -0.39 is 0 Å². The molecule has 0 aliphatic rings. The Kier molecular flexibility index (Phi) is 2.89. The molecule has 0 aliphatic carbocycles. The molecule has 0 spiro atoms. The van der Waals surface area contributed by atoms with E-state index in [1.165, 1.54) is 11.3 Å². The lowest BCUT2D eigenvalue weighted by atomic mass is 10.2. The highest BCUT2D eigenvalue weighted by Crippen LogP contribution is 2.23. The van der Waals surface area contributed by atoms with E-state index >= 15 is 0 Å². The van der Waals surface area contributed by atoms with Crippen LogP contribution in [0.15, 0.2) is 24.3 Å². The predicted octanol–water partition coefficient (Wildman–Crippen LogP) is 2.60. The van der Waals surface area contributed by atoms with Crippen molar-refractivity contribution in [3.05, 3.63) is 29.3 Å². The van der Waals surface area contributed by atoms with E-state index in [0.29, 0.717) is 11.7 Å². The van der Waals surface area contributed by atoms with E-state index in [1.54, 1.807) is 11.6 Å². The van der Waals surface area contributed by atoms with Gasteiger partial charge in [-0.05, 0) is 24.3 Å². The first kappa shape index (κ1) is 11.4. The fourth-order valence-corrected chi connectivity index (χ4v) is 2.53. The highest BCUT2D eigenvalue weighted by molar-refractivity contribution is 7.16. The van der Waals surface area contributed by atoms with E-state index in [1.807, 2.05) is 24.3 Å². The molecule has 0 saturated carbocycles. The predicted molar refractivity (Wildman–Crippen MR) is 70.2 cm³/mol. The van der Waals surface area contributed by atoms with Gasteiger partial charge in [-0.3, -0.25) is 0 Å². The third kappa shape index (κ3) is 1.83. The molecule has 7 heteroatoms. The number of hydrogen-bond acceptors (Lipinski definition) is 5. The van der Waals surface area contributed by atoms with E-state index in [9.17, 15) is 0 Å². The van der Waals surface area contributed by atoms with Crippen LogP contribution in [0.4, 0.5) is 0 Å². The molecule has 0 aliphatic heterocycles. The molecule has 18 heavy (non-hydrogen) atoms. The average molecular weight is 281 g/mol. The molecule has 5 nitrogen and oxygen atoms in total. The van der Waals surface area contributed by atoms with Crippen LogP contribution in [0.1, 0.15) is 5.01 Å². The van der Waals surface area contributed by atoms with Crippen molar-refractivity contribution >= 4 is 27.9 Å². The van der Waals surface area contributed by atoms with Crippen molar-refractivity contribution in [3.8, 4) is 17.1 Å². The minimum absolute atomic E-state index is 0.385. The number of hydrogen-bond donors (Lipinski definition) is 0. The number of fused-ring (bicyclic) bond motifs is 1. The average Bonchev–Trinajstić information content (AvgIpc) is 2.98. The molecule has 0 bridgehead atoms. The molecular formula is C11H9ClN4OS. The van der Waals surface area contributed by atoms with Crippen LogP contribution in [0.5, 0.6) is 5.75 Å². The maximum atomic E-state index is 5.76. The van der Waals surface area contributed by atoms with Crippen molar-refractivity contribution in [3.63, 3.8) is 0 Å². The molecule has 0 saturated heterocycles. The normalized spacial score (nSPS) is 11.0. The van der Waals surface area contributed by atoms with Gasteiger partial charge in [0, 0.05) is 5.56 Å². The summed E-state index contributed by atoms with van der Waals surface area (Å²) in [6, 6.07) is 7.61. The highest BCUT2D eigenvalue weighted by atomic mass is 35.5. The van der Waals surface area contributed by atoms with E-state index in [0.717, 1.165) is 21.3 Å². The van der Waals surface area contributed by atoms with Crippen molar-refractivity contribution in [2.45, 2.75) is 5.88 Å². The van der Waals surface area contributed by atoms with Crippen LogP contribution in [-0.4, -0.2) is 26.9 Å². The van der Waals surface area contributed by atoms with Gasteiger partial charge in [0.05, 0.1) is 13.0 Å². The van der Waals surface area contributed by atoms with Gasteiger partial charge in [0.1, 0.15) is 10.8 Å². The molecule has 3 aromatic rings. The van der Waals surface area contributed by atoms with Gasteiger partial charge < -0.3 is 4.74 Å². The monoisotopic (exact) mass is 280 g/mol. The minimum atomic E-state index is 0.385. The first-order valence-electron chi connectivity index (χ1n) is 5.23. The number of halogens is 1. The number of rotatable bonds is 3. The molecule has 0 fully saturated rings. The van der Waals surface area contributed by atoms with Gasteiger partial charge in [-0.1, -0.05) is 11.3 Å². The standard InChI is InChI=1S/C11H9ClN4OS/c1-17-8-4-2-7(3-5-8)10-13-14-11-16(10)15-9(6-12)18-11/h2-5H,6H2,1H3. The van der Waals surface area contributed by atoms with Crippen molar-refractivity contribution < 1.29 is 4.74 Å². The Balaban J connectivity index is 2.09. The van der Waals surface area contributed by atoms with Gasteiger partial charge >= 0.3 is 0 Å². The summed E-state index contributed by atoms with van der Waals surface area (Å²) in [5, 5.41) is 13.4. The maximum Gasteiger partial charge on any atom is 0.235 e. The molecular weight excluding hydrogens is 272 g/mol. The maximum absolute atomic E-state index is 5.76. The lowest BCUT2D eigenvalue weighted by molar-refractivity contribution is 0.415. The summed E-state index contributed by atoms with van der Waals surface area (Å²) in [5.41, 5.74) is 0.940. The fourth-order valence-electron chi connectivity index (χ4n) is 1.63. The Morgan fingerprint density at radius 3 is 2.72 bits per heavy atom. The summed E-state index contributed by atoms with van der Waals surface area (Å²) in [4.78, 5) is 0.747. The summed E-state index contributed by atoms with van der Waals surface area (Å²) in [6.45, 7) is 0. The highest BCUT2D eigenvalue weighted by Gasteiger charge is 2.12. The van der Waals surface area contributed by atoms with Crippen LogP contribution in [0.3, 0.4) is 0 Å². The second-order valence-corrected chi connectivity index (χ2v) is 4.88. The Labute approximate surface area is 112 Å². The number of alkyl halides is 1. The van der Waals surface area contributed by atoms with Gasteiger partial charge in [-0.15, -0.1) is 21.8 Å². The van der Waals surface area contributed by atoms with Crippen molar-refractivity contribution in [1.29, 1.82) is 0 Å².